The minimum absolute atomic E-state index is 0.0713. The van der Waals surface area contributed by atoms with E-state index in [2.05, 4.69) is 22.5 Å². The zero-order chi connectivity index (χ0) is 17.1. The summed E-state index contributed by atoms with van der Waals surface area (Å²) in [4.78, 5) is 14.3. The van der Waals surface area contributed by atoms with Crippen molar-refractivity contribution in [2.45, 2.75) is 5.37 Å². The number of carbonyl (C=O) groups excluding carboxylic acids is 1. The molecule has 24 heavy (non-hydrogen) atoms. The summed E-state index contributed by atoms with van der Waals surface area (Å²) in [6.07, 6.45) is 1.70. The van der Waals surface area contributed by atoms with Gasteiger partial charge in [-0.1, -0.05) is 40.2 Å². The van der Waals surface area contributed by atoms with Crippen LogP contribution in [0, 0.1) is 0 Å². The summed E-state index contributed by atoms with van der Waals surface area (Å²) in [5.74, 6) is 1.26. The Morgan fingerprint density at radius 1 is 1.33 bits per heavy atom. The first-order chi connectivity index (χ1) is 11.6. The highest BCUT2D eigenvalue weighted by molar-refractivity contribution is 9.10. The maximum atomic E-state index is 12.5. The van der Waals surface area contributed by atoms with Crippen LogP contribution in [-0.2, 0) is 4.79 Å². The average molecular weight is 425 g/mol. The molecule has 2 aromatic carbocycles. The Kier molecular flexibility index (Phi) is 5.54. The predicted molar refractivity (Wildman–Crippen MR) is 104 cm³/mol. The molecule has 0 radical (unpaired) electrons. The van der Waals surface area contributed by atoms with Gasteiger partial charge in [0.15, 0.2) is 0 Å². The third kappa shape index (κ3) is 3.63. The zero-order valence-corrected chi connectivity index (χ0v) is 15.9. The van der Waals surface area contributed by atoms with Crippen LogP contribution in [0.3, 0.4) is 0 Å². The molecule has 0 unspecified atom stereocenters. The van der Waals surface area contributed by atoms with E-state index >= 15 is 0 Å². The molecular formula is C18H15BrClNO2S. The van der Waals surface area contributed by atoms with Gasteiger partial charge in [-0.3, -0.25) is 9.69 Å². The van der Waals surface area contributed by atoms with E-state index < -0.39 is 0 Å². The molecule has 3 rings (SSSR count). The number of thioether (sulfide) groups is 1. The maximum Gasteiger partial charge on any atom is 0.238 e. The van der Waals surface area contributed by atoms with E-state index in [4.69, 9.17) is 16.3 Å². The van der Waals surface area contributed by atoms with Gasteiger partial charge in [0.1, 0.15) is 17.7 Å². The van der Waals surface area contributed by atoms with Gasteiger partial charge in [-0.2, -0.15) is 0 Å². The van der Waals surface area contributed by atoms with Crippen molar-refractivity contribution in [2.24, 2.45) is 0 Å². The smallest absolute Gasteiger partial charge is 0.238 e. The molecule has 2 aromatic rings. The molecule has 1 fully saturated rings. The molecule has 1 atom stereocenters. The summed E-state index contributed by atoms with van der Waals surface area (Å²) in [7, 11) is 0. The molecule has 1 heterocycles. The highest BCUT2D eigenvalue weighted by Crippen LogP contribution is 2.45. The number of ether oxygens (including phenoxy) is 1. The molecule has 1 saturated heterocycles. The molecule has 0 spiro atoms. The lowest BCUT2D eigenvalue weighted by atomic mass is 10.1. The third-order valence-corrected chi connectivity index (χ3v) is 5.51. The van der Waals surface area contributed by atoms with Crippen molar-refractivity contribution < 1.29 is 9.53 Å². The van der Waals surface area contributed by atoms with Gasteiger partial charge in [-0.25, -0.2) is 0 Å². The molecule has 124 valence electrons. The van der Waals surface area contributed by atoms with Gasteiger partial charge in [0.2, 0.25) is 5.91 Å². The number of hydrogen-bond donors (Lipinski definition) is 0. The van der Waals surface area contributed by atoms with Crippen molar-refractivity contribution in [3.63, 3.8) is 0 Å². The fourth-order valence-corrected chi connectivity index (χ4v) is 4.22. The molecular weight excluding hydrogens is 410 g/mol. The number of halogens is 2. The molecule has 0 bridgehead atoms. The van der Waals surface area contributed by atoms with Crippen molar-refractivity contribution in [3.05, 3.63) is 70.2 Å². The van der Waals surface area contributed by atoms with Crippen LogP contribution in [0.4, 0.5) is 5.69 Å². The van der Waals surface area contributed by atoms with Gasteiger partial charge in [-0.05, 0) is 42.5 Å². The minimum atomic E-state index is -0.143. The Hall–Kier alpha value is -1.43. The van der Waals surface area contributed by atoms with Gasteiger partial charge in [0, 0.05) is 20.7 Å². The number of benzene rings is 2. The lowest BCUT2D eigenvalue weighted by molar-refractivity contribution is -0.115. The molecule has 0 aliphatic carbocycles. The minimum Gasteiger partial charge on any atom is -0.489 e. The maximum absolute atomic E-state index is 12.5. The van der Waals surface area contributed by atoms with E-state index in [0.29, 0.717) is 17.4 Å². The van der Waals surface area contributed by atoms with E-state index in [0.717, 1.165) is 21.5 Å². The fraction of sp³-hybridized carbons (Fsp3) is 0.167. The standard InChI is InChI=1S/C18H15BrClNO2S/c1-2-9-23-16-8-3-12(19)10-15(16)18-21(17(22)11-24-18)14-6-4-13(20)5-7-14/h2-8,10,18H,1,9,11H2/t18-/m0/s1. The highest BCUT2D eigenvalue weighted by atomic mass is 79.9. The Morgan fingerprint density at radius 3 is 2.79 bits per heavy atom. The second-order valence-corrected chi connectivity index (χ2v) is 7.61. The second kappa shape index (κ2) is 7.64. The van der Waals surface area contributed by atoms with E-state index in [9.17, 15) is 4.79 Å². The Balaban J connectivity index is 2.00. The van der Waals surface area contributed by atoms with Crippen LogP contribution < -0.4 is 9.64 Å². The molecule has 3 nitrogen and oxygen atoms in total. The van der Waals surface area contributed by atoms with Crippen molar-refractivity contribution in [3.8, 4) is 5.75 Å². The van der Waals surface area contributed by atoms with Crippen LogP contribution in [0.15, 0.2) is 59.6 Å². The SMILES string of the molecule is C=CCOc1ccc(Br)cc1[C@@H]1SCC(=O)N1c1ccc(Cl)cc1. The summed E-state index contributed by atoms with van der Waals surface area (Å²) in [6, 6.07) is 13.1. The molecule has 6 heteroatoms. The van der Waals surface area contributed by atoms with Crippen molar-refractivity contribution in [2.75, 3.05) is 17.3 Å². The molecule has 1 amide bonds. The van der Waals surface area contributed by atoms with Crippen LogP contribution in [0.25, 0.3) is 0 Å². The van der Waals surface area contributed by atoms with E-state index in [1.165, 1.54) is 0 Å². The molecule has 1 aliphatic rings. The number of amides is 1. The topological polar surface area (TPSA) is 29.5 Å². The summed E-state index contributed by atoms with van der Waals surface area (Å²) >= 11 is 11.1. The van der Waals surface area contributed by atoms with Gasteiger partial charge < -0.3 is 4.74 Å². The number of carbonyl (C=O) groups is 1. The Morgan fingerprint density at radius 2 is 2.08 bits per heavy atom. The third-order valence-electron chi connectivity index (χ3n) is 3.57. The highest BCUT2D eigenvalue weighted by Gasteiger charge is 2.35. The Bertz CT molecular complexity index is 766. The first kappa shape index (κ1) is 17.4. The lowest BCUT2D eigenvalue weighted by Crippen LogP contribution is -2.28. The van der Waals surface area contributed by atoms with Gasteiger partial charge >= 0.3 is 0 Å². The fourth-order valence-electron chi connectivity index (χ4n) is 2.53. The normalized spacial score (nSPS) is 17.2. The number of rotatable bonds is 5. The van der Waals surface area contributed by atoms with Crippen molar-refractivity contribution >= 4 is 50.9 Å². The van der Waals surface area contributed by atoms with Gasteiger partial charge in [-0.15, -0.1) is 11.8 Å². The monoisotopic (exact) mass is 423 g/mol. The number of anilines is 1. The average Bonchev–Trinajstić information content (AvgIpc) is 2.96. The van der Waals surface area contributed by atoms with Crippen LogP contribution in [0.5, 0.6) is 5.75 Å². The van der Waals surface area contributed by atoms with Crippen LogP contribution in [0.1, 0.15) is 10.9 Å². The summed E-state index contributed by atoms with van der Waals surface area (Å²) < 4.78 is 6.72. The summed E-state index contributed by atoms with van der Waals surface area (Å²) in [6.45, 7) is 4.10. The van der Waals surface area contributed by atoms with E-state index in [1.807, 2.05) is 30.3 Å². The zero-order valence-electron chi connectivity index (χ0n) is 12.7. The first-order valence-electron chi connectivity index (χ1n) is 7.32. The summed E-state index contributed by atoms with van der Waals surface area (Å²) in [5, 5.41) is 0.503. The van der Waals surface area contributed by atoms with Crippen LogP contribution in [0.2, 0.25) is 5.02 Å². The molecule has 0 N–H and O–H groups in total. The van der Waals surface area contributed by atoms with Crippen molar-refractivity contribution in [1.82, 2.24) is 0 Å². The predicted octanol–water partition coefficient (Wildman–Crippen LogP) is 5.45. The molecule has 0 aromatic heterocycles. The molecule has 0 saturated carbocycles. The summed E-state index contributed by atoms with van der Waals surface area (Å²) in [5.41, 5.74) is 1.78. The second-order valence-electron chi connectivity index (χ2n) is 5.19. The quantitative estimate of drug-likeness (QED) is 0.598. The Labute approximate surface area is 158 Å². The largest absolute Gasteiger partial charge is 0.489 e. The lowest BCUT2D eigenvalue weighted by Gasteiger charge is -2.26. The van der Waals surface area contributed by atoms with Gasteiger partial charge in [0.25, 0.3) is 0 Å². The van der Waals surface area contributed by atoms with Crippen LogP contribution in [-0.4, -0.2) is 18.3 Å². The van der Waals surface area contributed by atoms with E-state index in [-0.39, 0.29) is 11.3 Å². The van der Waals surface area contributed by atoms with Crippen LogP contribution >= 0.6 is 39.3 Å². The number of nitrogens with zero attached hydrogens (tertiary/aromatic N) is 1. The number of hydrogen-bond acceptors (Lipinski definition) is 3. The first-order valence-corrected chi connectivity index (χ1v) is 9.54. The van der Waals surface area contributed by atoms with E-state index in [1.54, 1.807) is 34.9 Å². The van der Waals surface area contributed by atoms with Crippen molar-refractivity contribution in [1.29, 1.82) is 0 Å². The van der Waals surface area contributed by atoms with Gasteiger partial charge in [0.05, 0.1) is 5.75 Å². The molecule has 1 aliphatic heterocycles.